The first-order chi connectivity index (χ1) is 6.20. The highest BCUT2D eigenvalue weighted by Crippen LogP contribution is 2.25. The van der Waals surface area contributed by atoms with E-state index in [1.165, 1.54) is 0 Å². The summed E-state index contributed by atoms with van der Waals surface area (Å²) in [4.78, 5) is 4.40. The van der Waals surface area contributed by atoms with Crippen molar-refractivity contribution in [2.24, 2.45) is 0 Å². The second-order valence-electron chi connectivity index (χ2n) is 3.15. The molecule has 0 aliphatic carbocycles. The van der Waals surface area contributed by atoms with Crippen LogP contribution in [0.4, 0.5) is 0 Å². The number of halogens is 1. The second-order valence-corrected chi connectivity index (χ2v) is 3.53. The van der Waals surface area contributed by atoms with Crippen molar-refractivity contribution >= 4 is 22.5 Å². The minimum absolute atomic E-state index is 0.777. The Hall–Kier alpha value is -1.08. The van der Waals surface area contributed by atoms with E-state index < -0.39 is 0 Å². The van der Waals surface area contributed by atoms with Crippen LogP contribution in [0.15, 0.2) is 24.3 Å². The molecular formula is C11H10ClN. The first kappa shape index (κ1) is 8.52. The van der Waals surface area contributed by atoms with Gasteiger partial charge in [-0.1, -0.05) is 29.8 Å². The zero-order valence-electron chi connectivity index (χ0n) is 7.63. The van der Waals surface area contributed by atoms with E-state index in [9.17, 15) is 0 Å². The summed E-state index contributed by atoms with van der Waals surface area (Å²) >= 11 is 6.09. The average Bonchev–Trinajstić information content (AvgIpc) is 2.15. The van der Waals surface area contributed by atoms with Gasteiger partial charge in [-0.3, -0.25) is 4.98 Å². The van der Waals surface area contributed by atoms with E-state index in [-0.39, 0.29) is 0 Å². The lowest BCUT2D eigenvalue weighted by Crippen LogP contribution is -1.89. The number of aryl methyl sites for hydroxylation is 2. The summed E-state index contributed by atoms with van der Waals surface area (Å²) in [5.41, 5.74) is 3.03. The Morgan fingerprint density at radius 2 is 1.85 bits per heavy atom. The minimum Gasteiger partial charge on any atom is -0.252 e. The molecule has 0 spiro atoms. The van der Waals surface area contributed by atoms with E-state index in [2.05, 4.69) is 4.98 Å². The number of aromatic nitrogens is 1. The van der Waals surface area contributed by atoms with Crippen molar-refractivity contribution in [3.63, 3.8) is 0 Å². The molecule has 1 aromatic carbocycles. The fourth-order valence-electron chi connectivity index (χ4n) is 1.51. The SMILES string of the molecule is Cc1nc2ccccc2c(C)c1Cl. The second kappa shape index (κ2) is 3.00. The van der Waals surface area contributed by atoms with Crippen LogP contribution in [0.3, 0.4) is 0 Å². The van der Waals surface area contributed by atoms with Gasteiger partial charge in [0.2, 0.25) is 0 Å². The van der Waals surface area contributed by atoms with Gasteiger partial charge < -0.3 is 0 Å². The number of nitrogens with zero attached hydrogens (tertiary/aromatic N) is 1. The molecule has 0 atom stereocenters. The molecule has 1 aromatic heterocycles. The molecule has 0 bridgehead atoms. The highest BCUT2D eigenvalue weighted by atomic mass is 35.5. The van der Waals surface area contributed by atoms with Gasteiger partial charge in [0, 0.05) is 5.39 Å². The Morgan fingerprint density at radius 1 is 1.15 bits per heavy atom. The molecule has 0 aliphatic rings. The minimum atomic E-state index is 0.777. The topological polar surface area (TPSA) is 12.9 Å². The van der Waals surface area contributed by atoms with E-state index in [1.54, 1.807) is 0 Å². The first-order valence-corrected chi connectivity index (χ1v) is 4.59. The number of benzene rings is 1. The Labute approximate surface area is 82.4 Å². The van der Waals surface area contributed by atoms with Crippen LogP contribution in [-0.4, -0.2) is 4.98 Å². The number of para-hydroxylation sites is 1. The Balaban J connectivity index is 2.94. The molecule has 0 saturated carbocycles. The molecule has 1 heterocycles. The molecule has 2 rings (SSSR count). The van der Waals surface area contributed by atoms with E-state index in [4.69, 9.17) is 11.6 Å². The summed E-state index contributed by atoms with van der Waals surface area (Å²) in [6, 6.07) is 8.04. The maximum atomic E-state index is 6.09. The van der Waals surface area contributed by atoms with E-state index in [0.717, 1.165) is 27.2 Å². The van der Waals surface area contributed by atoms with Crippen LogP contribution in [0.1, 0.15) is 11.3 Å². The summed E-state index contributed by atoms with van der Waals surface area (Å²) in [7, 11) is 0. The van der Waals surface area contributed by atoms with Crippen molar-refractivity contribution < 1.29 is 0 Å². The molecule has 0 fully saturated rings. The standard InChI is InChI=1S/C11H10ClN/c1-7-9-5-3-4-6-10(9)13-8(2)11(7)12/h3-6H,1-2H3. The zero-order valence-corrected chi connectivity index (χ0v) is 8.39. The van der Waals surface area contributed by atoms with Crippen LogP contribution < -0.4 is 0 Å². The van der Waals surface area contributed by atoms with E-state index in [1.807, 2.05) is 38.1 Å². The van der Waals surface area contributed by atoms with Gasteiger partial charge in [0.25, 0.3) is 0 Å². The van der Waals surface area contributed by atoms with Crippen LogP contribution in [0.5, 0.6) is 0 Å². The summed E-state index contributed by atoms with van der Waals surface area (Å²) in [6.07, 6.45) is 0. The van der Waals surface area contributed by atoms with Gasteiger partial charge in [0.05, 0.1) is 16.2 Å². The molecule has 0 saturated heterocycles. The van der Waals surface area contributed by atoms with Gasteiger partial charge in [-0.05, 0) is 25.5 Å². The predicted molar refractivity (Wildman–Crippen MR) is 56.2 cm³/mol. The lowest BCUT2D eigenvalue weighted by atomic mass is 10.1. The highest BCUT2D eigenvalue weighted by Gasteiger charge is 2.05. The highest BCUT2D eigenvalue weighted by molar-refractivity contribution is 6.32. The fraction of sp³-hybridized carbons (Fsp3) is 0.182. The van der Waals surface area contributed by atoms with Crippen LogP contribution in [0, 0.1) is 13.8 Å². The number of rotatable bonds is 0. The quantitative estimate of drug-likeness (QED) is 0.621. The lowest BCUT2D eigenvalue weighted by Gasteiger charge is -2.05. The molecular weight excluding hydrogens is 182 g/mol. The average molecular weight is 192 g/mol. The normalized spacial score (nSPS) is 10.7. The molecule has 0 aliphatic heterocycles. The molecule has 0 amide bonds. The molecule has 2 aromatic rings. The van der Waals surface area contributed by atoms with Gasteiger partial charge in [-0.2, -0.15) is 0 Å². The van der Waals surface area contributed by atoms with E-state index >= 15 is 0 Å². The van der Waals surface area contributed by atoms with Gasteiger partial charge in [0.1, 0.15) is 0 Å². The molecule has 2 heteroatoms. The zero-order chi connectivity index (χ0) is 9.42. The maximum Gasteiger partial charge on any atom is 0.0708 e. The molecule has 13 heavy (non-hydrogen) atoms. The smallest absolute Gasteiger partial charge is 0.0708 e. The third kappa shape index (κ3) is 1.29. The van der Waals surface area contributed by atoms with Crippen molar-refractivity contribution in [3.05, 3.63) is 40.5 Å². The third-order valence-corrected chi connectivity index (χ3v) is 2.80. The third-order valence-electron chi connectivity index (χ3n) is 2.24. The van der Waals surface area contributed by atoms with Crippen LogP contribution in [0.25, 0.3) is 10.9 Å². The molecule has 1 nitrogen and oxygen atoms in total. The Morgan fingerprint density at radius 3 is 2.62 bits per heavy atom. The number of fused-ring (bicyclic) bond motifs is 1. The number of hydrogen-bond donors (Lipinski definition) is 0. The van der Waals surface area contributed by atoms with Crippen molar-refractivity contribution in [1.29, 1.82) is 0 Å². The summed E-state index contributed by atoms with van der Waals surface area (Å²) < 4.78 is 0. The maximum absolute atomic E-state index is 6.09. The molecule has 66 valence electrons. The Bertz CT molecular complexity index is 463. The Kier molecular flexibility index (Phi) is 1.97. The molecule has 0 unspecified atom stereocenters. The van der Waals surface area contributed by atoms with Crippen molar-refractivity contribution in [1.82, 2.24) is 4.98 Å². The van der Waals surface area contributed by atoms with Crippen LogP contribution in [-0.2, 0) is 0 Å². The van der Waals surface area contributed by atoms with Crippen molar-refractivity contribution in [2.45, 2.75) is 13.8 Å². The number of hydrogen-bond acceptors (Lipinski definition) is 1. The van der Waals surface area contributed by atoms with E-state index in [0.29, 0.717) is 0 Å². The fourth-order valence-corrected chi connectivity index (χ4v) is 1.65. The summed E-state index contributed by atoms with van der Waals surface area (Å²) in [5, 5.41) is 1.91. The van der Waals surface area contributed by atoms with Crippen molar-refractivity contribution in [2.75, 3.05) is 0 Å². The lowest BCUT2D eigenvalue weighted by molar-refractivity contribution is 1.23. The monoisotopic (exact) mass is 191 g/mol. The summed E-state index contributed by atoms with van der Waals surface area (Å²) in [5.74, 6) is 0. The predicted octanol–water partition coefficient (Wildman–Crippen LogP) is 3.51. The molecule has 0 N–H and O–H groups in total. The number of pyridine rings is 1. The van der Waals surface area contributed by atoms with Gasteiger partial charge in [-0.15, -0.1) is 0 Å². The first-order valence-electron chi connectivity index (χ1n) is 4.21. The van der Waals surface area contributed by atoms with Gasteiger partial charge in [0.15, 0.2) is 0 Å². The van der Waals surface area contributed by atoms with Crippen molar-refractivity contribution in [3.8, 4) is 0 Å². The van der Waals surface area contributed by atoms with Crippen LogP contribution >= 0.6 is 11.6 Å². The summed E-state index contributed by atoms with van der Waals surface area (Å²) in [6.45, 7) is 3.96. The van der Waals surface area contributed by atoms with Gasteiger partial charge >= 0.3 is 0 Å². The molecule has 0 radical (unpaired) electrons. The van der Waals surface area contributed by atoms with Gasteiger partial charge in [-0.25, -0.2) is 0 Å². The largest absolute Gasteiger partial charge is 0.252 e. The van der Waals surface area contributed by atoms with Crippen LogP contribution in [0.2, 0.25) is 5.02 Å².